The standard InChI is InChI=1S/C16H26O4/c1-9(2)7-13(19)15(11(5)17)16(12(6)18)14(20)8-10(3)4/h9-10,19-20H,7-8H2,1-6H3/b15-13-,16-14-. The predicted molar refractivity (Wildman–Crippen MR) is 79.6 cm³/mol. The molecule has 0 bridgehead atoms. The van der Waals surface area contributed by atoms with Gasteiger partial charge in [-0.2, -0.15) is 0 Å². The van der Waals surface area contributed by atoms with Crippen LogP contribution < -0.4 is 0 Å². The Bertz CT molecular complexity index is 397. The van der Waals surface area contributed by atoms with E-state index in [0.29, 0.717) is 12.8 Å². The fourth-order valence-corrected chi connectivity index (χ4v) is 2.02. The summed E-state index contributed by atoms with van der Waals surface area (Å²) in [6.07, 6.45) is 0.585. The van der Waals surface area contributed by atoms with Gasteiger partial charge in [0.05, 0.1) is 11.1 Å². The second-order valence-corrected chi connectivity index (χ2v) is 5.95. The molecule has 0 saturated carbocycles. The second kappa shape index (κ2) is 7.88. The van der Waals surface area contributed by atoms with Crippen LogP contribution >= 0.6 is 0 Å². The van der Waals surface area contributed by atoms with E-state index in [-0.39, 0.29) is 34.5 Å². The first-order valence-electron chi connectivity index (χ1n) is 6.94. The topological polar surface area (TPSA) is 74.6 Å². The maximum absolute atomic E-state index is 11.8. The van der Waals surface area contributed by atoms with Crippen molar-refractivity contribution in [3.05, 3.63) is 22.7 Å². The van der Waals surface area contributed by atoms with Gasteiger partial charge >= 0.3 is 0 Å². The average molecular weight is 282 g/mol. The number of rotatable bonds is 7. The third-order valence-corrected chi connectivity index (χ3v) is 2.73. The lowest BCUT2D eigenvalue weighted by Gasteiger charge is -2.15. The highest BCUT2D eigenvalue weighted by molar-refractivity contribution is 6.11. The van der Waals surface area contributed by atoms with Gasteiger partial charge in [0.25, 0.3) is 0 Å². The Balaban J connectivity index is 5.96. The Morgan fingerprint density at radius 1 is 0.750 bits per heavy atom. The predicted octanol–water partition coefficient (Wildman–Crippen LogP) is 3.88. The number of carbonyl (C=O) groups is 2. The molecule has 0 heterocycles. The molecule has 0 aromatic heterocycles. The summed E-state index contributed by atoms with van der Waals surface area (Å²) >= 11 is 0. The Hall–Kier alpha value is -1.58. The van der Waals surface area contributed by atoms with Crippen molar-refractivity contribution in [3.63, 3.8) is 0 Å². The quantitative estimate of drug-likeness (QED) is 0.422. The van der Waals surface area contributed by atoms with Crippen molar-refractivity contribution >= 4 is 11.6 Å². The lowest BCUT2D eigenvalue weighted by molar-refractivity contribution is -0.116. The summed E-state index contributed by atoms with van der Waals surface area (Å²) in [5.74, 6) is -0.803. The minimum atomic E-state index is -0.413. The highest BCUT2D eigenvalue weighted by Crippen LogP contribution is 2.25. The summed E-state index contributed by atoms with van der Waals surface area (Å²) in [5, 5.41) is 20.2. The minimum Gasteiger partial charge on any atom is -0.512 e. The summed E-state index contributed by atoms with van der Waals surface area (Å²) in [7, 11) is 0. The van der Waals surface area contributed by atoms with E-state index in [0.717, 1.165) is 0 Å². The van der Waals surface area contributed by atoms with Crippen molar-refractivity contribution in [1.82, 2.24) is 0 Å². The van der Waals surface area contributed by atoms with Crippen LogP contribution in [-0.2, 0) is 9.59 Å². The maximum Gasteiger partial charge on any atom is 0.164 e. The Morgan fingerprint density at radius 2 is 1.00 bits per heavy atom. The molecule has 0 atom stereocenters. The molecular weight excluding hydrogens is 256 g/mol. The van der Waals surface area contributed by atoms with Gasteiger partial charge in [-0.25, -0.2) is 0 Å². The molecule has 0 amide bonds. The Kier molecular flexibility index (Phi) is 7.25. The van der Waals surface area contributed by atoms with E-state index in [1.54, 1.807) is 0 Å². The smallest absolute Gasteiger partial charge is 0.164 e. The Labute approximate surface area is 121 Å². The number of hydrogen-bond donors (Lipinski definition) is 2. The van der Waals surface area contributed by atoms with Crippen LogP contribution in [0.25, 0.3) is 0 Å². The normalized spacial score (nSPS) is 14.2. The lowest BCUT2D eigenvalue weighted by Crippen LogP contribution is -2.15. The molecule has 2 N–H and O–H groups in total. The molecule has 0 aromatic rings. The van der Waals surface area contributed by atoms with Gasteiger partial charge in [0.1, 0.15) is 11.5 Å². The van der Waals surface area contributed by atoms with Gasteiger partial charge in [-0.15, -0.1) is 0 Å². The molecule has 0 radical (unpaired) electrons. The largest absolute Gasteiger partial charge is 0.512 e. The average Bonchev–Trinajstić information content (AvgIpc) is 2.21. The van der Waals surface area contributed by atoms with E-state index in [2.05, 4.69) is 0 Å². The van der Waals surface area contributed by atoms with Crippen LogP contribution in [0.1, 0.15) is 54.4 Å². The molecule has 0 aliphatic rings. The van der Waals surface area contributed by atoms with Gasteiger partial charge < -0.3 is 10.2 Å². The number of aliphatic hydroxyl groups is 2. The molecule has 0 aliphatic heterocycles. The fourth-order valence-electron chi connectivity index (χ4n) is 2.02. The molecule has 0 spiro atoms. The molecule has 0 aliphatic carbocycles. The highest BCUT2D eigenvalue weighted by atomic mass is 16.3. The molecule has 4 nitrogen and oxygen atoms in total. The number of ketones is 2. The van der Waals surface area contributed by atoms with Crippen LogP contribution in [0.2, 0.25) is 0 Å². The van der Waals surface area contributed by atoms with Gasteiger partial charge in [0, 0.05) is 12.8 Å². The van der Waals surface area contributed by atoms with Crippen molar-refractivity contribution in [2.24, 2.45) is 11.8 Å². The molecule has 0 fully saturated rings. The van der Waals surface area contributed by atoms with E-state index in [9.17, 15) is 19.8 Å². The molecule has 0 aromatic carbocycles. The van der Waals surface area contributed by atoms with Crippen molar-refractivity contribution in [3.8, 4) is 0 Å². The molecule has 4 heteroatoms. The third-order valence-electron chi connectivity index (χ3n) is 2.73. The maximum atomic E-state index is 11.8. The van der Waals surface area contributed by atoms with Crippen molar-refractivity contribution < 1.29 is 19.8 Å². The van der Waals surface area contributed by atoms with Crippen LogP contribution in [0.5, 0.6) is 0 Å². The van der Waals surface area contributed by atoms with Crippen molar-refractivity contribution in [1.29, 1.82) is 0 Å². The zero-order chi connectivity index (χ0) is 16.0. The summed E-state index contributed by atoms with van der Waals surface area (Å²) < 4.78 is 0. The third kappa shape index (κ3) is 5.59. The number of hydrogen-bond acceptors (Lipinski definition) is 4. The van der Waals surface area contributed by atoms with E-state index in [4.69, 9.17) is 0 Å². The van der Waals surface area contributed by atoms with Crippen LogP contribution in [-0.4, -0.2) is 21.8 Å². The zero-order valence-electron chi connectivity index (χ0n) is 13.3. The molecule has 0 unspecified atom stereocenters. The number of Topliss-reactive ketones (excluding diaryl/α,β-unsaturated/α-hetero) is 2. The SMILES string of the molecule is CC(=O)C(=C(/O)CC(C)C)/C(C(C)=O)=C(\O)CC(C)C. The zero-order valence-corrected chi connectivity index (χ0v) is 13.3. The fraction of sp³-hybridized carbons (Fsp3) is 0.625. The summed E-state index contributed by atoms with van der Waals surface area (Å²) in [4.78, 5) is 23.6. The van der Waals surface area contributed by atoms with E-state index in [1.165, 1.54) is 13.8 Å². The van der Waals surface area contributed by atoms with E-state index < -0.39 is 11.6 Å². The Morgan fingerprint density at radius 3 is 1.15 bits per heavy atom. The highest BCUT2D eigenvalue weighted by Gasteiger charge is 2.24. The second-order valence-electron chi connectivity index (χ2n) is 5.95. The van der Waals surface area contributed by atoms with Gasteiger partial charge in [-0.05, 0) is 25.7 Å². The molecule has 114 valence electrons. The molecule has 20 heavy (non-hydrogen) atoms. The van der Waals surface area contributed by atoms with Crippen LogP contribution in [0.3, 0.4) is 0 Å². The lowest BCUT2D eigenvalue weighted by atomic mass is 9.91. The molecule has 0 saturated heterocycles. The summed E-state index contributed by atoms with van der Waals surface area (Å²) in [6.45, 7) is 10.2. The van der Waals surface area contributed by atoms with Gasteiger partial charge in [0.15, 0.2) is 11.6 Å². The van der Waals surface area contributed by atoms with Crippen molar-refractivity contribution in [2.45, 2.75) is 54.4 Å². The summed E-state index contributed by atoms with van der Waals surface area (Å²) in [5.41, 5.74) is -0.103. The van der Waals surface area contributed by atoms with E-state index >= 15 is 0 Å². The van der Waals surface area contributed by atoms with Crippen LogP contribution in [0, 0.1) is 11.8 Å². The molecular formula is C16H26O4. The number of aliphatic hydroxyl groups excluding tert-OH is 2. The monoisotopic (exact) mass is 282 g/mol. The molecule has 0 rings (SSSR count). The van der Waals surface area contributed by atoms with Gasteiger partial charge in [-0.1, -0.05) is 27.7 Å². The number of carbonyl (C=O) groups excluding carboxylic acids is 2. The first-order valence-corrected chi connectivity index (χ1v) is 6.94. The van der Waals surface area contributed by atoms with Gasteiger partial charge in [0.2, 0.25) is 0 Å². The van der Waals surface area contributed by atoms with Gasteiger partial charge in [-0.3, -0.25) is 9.59 Å². The van der Waals surface area contributed by atoms with Crippen LogP contribution in [0.4, 0.5) is 0 Å². The van der Waals surface area contributed by atoms with Crippen LogP contribution in [0.15, 0.2) is 22.7 Å². The minimum absolute atomic E-state index is 0.0515. The first-order chi connectivity index (χ1) is 9.07. The van der Waals surface area contributed by atoms with Crippen molar-refractivity contribution in [2.75, 3.05) is 0 Å². The first kappa shape index (κ1) is 18.4. The summed E-state index contributed by atoms with van der Waals surface area (Å²) in [6, 6.07) is 0. The van der Waals surface area contributed by atoms with E-state index in [1.807, 2.05) is 27.7 Å². The number of allylic oxidation sites excluding steroid dienone is 4.